The van der Waals surface area contributed by atoms with Crippen LogP contribution in [0.2, 0.25) is 0 Å². The second-order valence-corrected chi connectivity index (χ2v) is 6.09. The van der Waals surface area contributed by atoms with Gasteiger partial charge in [0, 0.05) is 0 Å². The predicted molar refractivity (Wildman–Crippen MR) is 71.7 cm³/mol. The van der Waals surface area contributed by atoms with Gasteiger partial charge in [0.1, 0.15) is 12.2 Å². The van der Waals surface area contributed by atoms with Crippen molar-refractivity contribution in [2.75, 3.05) is 14.2 Å². The van der Waals surface area contributed by atoms with Crippen LogP contribution in [0.5, 0.6) is 0 Å². The largest absolute Gasteiger partial charge is 0.467 e. The Kier molecular flexibility index (Phi) is 4.49. The minimum atomic E-state index is -1.02. The van der Waals surface area contributed by atoms with E-state index < -0.39 is 47.9 Å². The van der Waals surface area contributed by atoms with E-state index >= 15 is 0 Å². The molecule has 0 aromatic carbocycles. The first-order valence-electron chi connectivity index (χ1n) is 6.97. The van der Waals surface area contributed by atoms with Crippen molar-refractivity contribution >= 4 is 11.9 Å². The molecule has 2 heterocycles. The lowest BCUT2D eigenvalue weighted by molar-refractivity contribution is -0.177. The Balaban J connectivity index is 2.29. The summed E-state index contributed by atoms with van der Waals surface area (Å²) >= 11 is 0. The molecule has 0 aromatic heterocycles. The minimum absolute atomic E-state index is 0.604. The van der Waals surface area contributed by atoms with Gasteiger partial charge in [0.2, 0.25) is 0 Å². The normalized spacial score (nSPS) is 36.1. The molecule has 0 spiro atoms. The highest BCUT2D eigenvalue weighted by atomic mass is 16.8. The van der Waals surface area contributed by atoms with Crippen molar-refractivity contribution in [3.63, 3.8) is 0 Å². The first-order chi connectivity index (χ1) is 10.1. The fraction of sp³-hybridized carbons (Fsp3) is 0.857. The van der Waals surface area contributed by atoms with Gasteiger partial charge in [-0.25, -0.2) is 9.59 Å². The molecule has 2 saturated heterocycles. The molecule has 8 heteroatoms. The van der Waals surface area contributed by atoms with E-state index in [1.54, 1.807) is 27.7 Å². The Hall–Kier alpha value is -1.22. The van der Waals surface area contributed by atoms with Crippen molar-refractivity contribution in [1.29, 1.82) is 0 Å². The molecule has 0 amide bonds. The zero-order valence-corrected chi connectivity index (χ0v) is 13.6. The Morgan fingerprint density at radius 3 is 1.32 bits per heavy atom. The Morgan fingerprint density at radius 2 is 1.05 bits per heavy atom. The number of carbonyl (C=O) groups excluding carboxylic acids is 2. The van der Waals surface area contributed by atoms with Crippen LogP contribution in [0.1, 0.15) is 27.7 Å². The number of methoxy groups -OCH3 is 2. The van der Waals surface area contributed by atoms with Crippen LogP contribution in [-0.2, 0) is 38.0 Å². The molecule has 0 aliphatic carbocycles. The minimum Gasteiger partial charge on any atom is -0.467 e. The van der Waals surface area contributed by atoms with Crippen LogP contribution in [0.4, 0.5) is 0 Å². The van der Waals surface area contributed by atoms with E-state index in [0.29, 0.717) is 0 Å². The van der Waals surface area contributed by atoms with Gasteiger partial charge in [-0.3, -0.25) is 0 Å². The average Bonchev–Trinajstić information content (AvgIpc) is 2.93. The quantitative estimate of drug-likeness (QED) is 0.690. The van der Waals surface area contributed by atoms with Crippen LogP contribution >= 0.6 is 0 Å². The van der Waals surface area contributed by atoms with Gasteiger partial charge in [-0.2, -0.15) is 0 Å². The summed E-state index contributed by atoms with van der Waals surface area (Å²) in [5.41, 5.74) is 0. The fourth-order valence-corrected chi connectivity index (χ4v) is 2.66. The average molecular weight is 318 g/mol. The molecule has 2 rings (SSSR count). The van der Waals surface area contributed by atoms with Crippen LogP contribution in [0.3, 0.4) is 0 Å². The van der Waals surface area contributed by atoms with Gasteiger partial charge < -0.3 is 28.4 Å². The SMILES string of the molecule is COC(=O)C1OC(C)(C)OC1C1OC(C)(C)OC1C(=O)OC. The number of hydrogen-bond acceptors (Lipinski definition) is 8. The Morgan fingerprint density at radius 1 is 0.727 bits per heavy atom. The summed E-state index contributed by atoms with van der Waals surface area (Å²) in [4.78, 5) is 23.9. The van der Waals surface area contributed by atoms with Crippen molar-refractivity contribution in [1.82, 2.24) is 0 Å². The van der Waals surface area contributed by atoms with Gasteiger partial charge in [-0.1, -0.05) is 0 Å². The third-order valence-corrected chi connectivity index (χ3v) is 3.45. The molecule has 0 saturated carbocycles. The van der Waals surface area contributed by atoms with Crippen LogP contribution < -0.4 is 0 Å². The maximum absolute atomic E-state index is 11.9. The Labute approximate surface area is 128 Å². The van der Waals surface area contributed by atoms with E-state index in [4.69, 9.17) is 28.4 Å². The number of rotatable bonds is 3. The maximum atomic E-state index is 11.9. The Bertz CT molecular complexity index is 416. The second-order valence-electron chi connectivity index (χ2n) is 6.09. The summed E-state index contributed by atoms with van der Waals surface area (Å²) in [6.45, 7) is 6.65. The van der Waals surface area contributed by atoms with Gasteiger partial charge in [0.15, 0.2) is 23.8 Å². The second kappa shape index (κ2) is 5.77. The van der Waals surface area contributed by atoms with Gasteiger partial charge in [-0.05, 0) is 27.7 Å². The van der Waals surface area contributed by atoms with Crippen molar-refractivity contribution in [3.8, 4) is 0 Å². The maximum Gasteiger partial charge on any atom is 0.337 e. The smallest absolute Gasteiger partial charge is 0.337 e. The van der Waals surface area contributed by atoms with Crippen molar-refractivity contribution < 1.29 is 38.0 Å². The summed E-state index contributed by atoms with van der Waals surface area (Å²) in [6, 6.07) is 0. The van der Waals surface area contributed by atoms with E-state index in [1.807, 2.05) is 0 Å². The lowest BCUT2D eigenvalue weighted by atomic mass is 10.0. The summed E-state index contributed by atoms with van der Waals surface area (Å²) in [5, 5.41) is 0. The predicted octanol–water partition coefficient (Wildman–Crippen LogP) is 0.373. The summed E-state index contributed by atoms with van der Waals surface area (Å²) in [5.74, 6) is -3.24. The fourth-order valence-electron chi connectivity index (χ4n) is 2.66. The standard InChI is InChI=1S/C14H22O8/c1-13(2)19-7(9(21-13)11(15)17-5)8-10(12(16)18-6)22-14(3,4)20-8/h7-10H,1-6H3. The molecule has 0 aromatic rings. The zero-order chi connectivity index (χ0) is 16.7. The number of esters is 2. The molecule has 4 atom stereocenters. The third kappa shape index (κ3) is 3.24. The molecule has 0 N–H and O–H groups in total. The molecule has 2 aliphatic heterocycles. The van der Waals surface area contributed by atoms with E-state index in [9.17, 15) is 9.59 Å². The van der Waals surface area contributed by atoms with Gasteiger partial charge in [0.25, 0.3) is 0 Å². The highest BCUT2D eigenvalue weighted by Gasteiger charge is 2.58. The number of hydrogen-bond donors (Lipinski definition) is 0. The lowest BCUT2D eigenvalue weighted by Gasteiger charge is -2.24. The van der Waals surface area contributed by atoms with Gasteiger partial charge in [-0.15, -0.1) is 0 Å². The van der Waals surface area contributed by atoms with Crippen LogP contribution in [0, 0.1) is 0 Å². The highest BCUT2D eigenvalue weighted by Crippen LogP contribution is 2.39. The summed E-state index contributed by atoms with van der Waals surface area (Å²) in [7, 11) is 2.50. The molecule has 0 radical (unpaired) electrons. The summed E-state index contributed by atoms with van der Waals surface area (Å²) in [6.07, 6.45) is -3.74. The van der Waals surface area contributed by atoms with Crippen LogP contribution in [0.25, 0.3) is 0 Å². The van der Waals surface area contributed by atoms with E-state index in [2.05, 4.69) is 0 Å². The van der Waals surface area contributed by atoms with Crippen molar-refractivity contribution in [3.05, 3.63) is 0 Å². The van der Waals surface area contributed by atoms with Gasteiger partial charge in [0.05, 0.1) is 14.2 Å². The number of ether oxygens (including phenoxy) is 6. The highest BCUT2D eigenvalue weighted by molar-refractivity contribution is 5.78. The molecule has 4 unspecified atom stereocenters. The monoisotopic (exact) mass is 318 g/mol. The van der Waals surface area contributed by atoms with Gasteiger partial charge >= 0.3 is 11.9 Å². The lowest BCUT2D eigenvalue weighted by Crippen LogP contribution is -2.48. The topological polar surface area (TPSA) is 89.5 Å². The molecule has 8 nitrogen and oxygen atoms in total. The molecule has 0 bridgehead atoms. The third-order valence-electron chi connectivity index (χ3n) is 3.45. The van der Waals surface area contributed by atoms with Crippen LogP contribution in [-0.4, -0.2) is 62.1 Å². The molecule has 22 heavy (non-hydrogen) atoms. The summed E-state index contributed by atoms with van der Waals surface area (Å²) < 4.78 is 32.1. The molecule has 126 valence electrons. The van der Waals surface area contributed by atoms with Crippen molar-refractivity contribution in [2.45, 2.75) is 63.7 Å². The zero-order valence-electron chi connectivity index (χ0n) is 13.6. The number of carbonyl (C=O) groups is 2. The first-order valence-corrected chi connectivity index (χ1v) is 6.97. The molecular formula is C14H22O8. The molecule has 2 fully saturated rings. The van der Waals surface area contributed by atoms with Crippen LogP contribution in [0.15, 0.2) is 0 Å². The molecular weight excluding hydrogens is 296 g/mol. The van der Waals surface area contributed by atoms with E-state index in [1.165, 1.54) is 14.2 Å². The van der Waals surface area contributed by atoms with E-state index in [-0.39, 0.29) is 0 Å². The first kappa shape index (κ1) is 17.1. The van der Waals surface area contributed by atoms with E-state index in [0.717, 1.165) is 0 Å². The van der Waals surface area contributed by atoms with Crippen molar-refractivity contribution in [2.24, 2.45) is 0 Å². The molecule has 2 aliphatic rings.